The lowest BCUT2D eigenvalue weighted by Gasteiger charge is -2.29. The fraction of sp³-hybridized carbons (Fsp3) is 0.273. The van der Waals surface area contributed by atoms with Crippen molar-refractivity contribution in [1.29, 1.82) is 0 Å². The summed E-state index contributed by atoms with van der Waals surface area (Å²) in [6.07, 6.45) is -2.04. The molecule has 4 N–H and O–H groups in total. The highest BCUT2D eigenvalue weighted by atomic mass is 32.3. The maximum Gasteiger partial charge on any atom is 0.416 e. The van der Waals surface area contributed by atoms with E-state index in [9.17, 15) is 27.1 Å². The summed E-state index contributed by atoms with van der Waals surface area (Å²) in [6, 6.07) is 7.85. The van der Waals surface area contributed by atoms with Gasteiger partial charge in [0.1, 0.15) is 11.3 Å². The maximum atomic E-state index is 13.0. The molecule has 0 saturated heterocycles. The summed E-state index contributed by atoms with van der Waals surface area (Å²) in [7, 11) is -1.59. The summed E-state index contributed by atoms with van der Waals surface area (Å²) in [5.74, 6) is -0.376. The summed E-state index contributed by atoms with van der Waals surface area (Å²) < 4.78 is 66.2. The molecule has 2 aromatic carbocycles. The fourth-order valence-electron chi connectivity index (χ4n) is 3.36. The number of ether oxygens (including phenoxy) is 1. The van der Waals surface area contributed by atoms with Crippen molar-refractivity contribution in [2.45, 2.75) is 26.1 Å². The molecule has 0 aliphatic rings. The molecular weight excluding hydrogens is 459 g/mol. The van der Waals surface area contributed by atoms with Crippen molar-refractivity contribution in [2.24, 2.45) is 0 Å². The highest BCUT2D eigenvalue weighted by Gasteiger charge is 2.31. The van der Waals surface area contributed by atoms with E-state index in [1.54, 1.807) is 32.0 Å². The van der Waals surface area contributed by atoms with Crippen LogP contribution >= 0.6 is 10.8 Å². The van der Waals surface area contributed by atoms with Crippen LogP contribution in [0.25, 0.3) is 10.9 Å². The Morgan fingerprint density at radius 3 is 2.45 bits per heavy atom. The molecule has 0 saturated carbocycles. The predicted octanol–water partition coefficient (Wildman–Crippen LogP) is 5.77. The highest BCUT2D eigenvalue weighted by Crippen LogP contribution is 2.37. The summed E-state index contributed by atoms with van der Waals surface area (Å²) in [5, 5.41) is 3.12. The molecular formula is C22H24F3N3O4S. The van der Waals surface area contributed by atoms with Crippen molar-refractivity contribution < 1.29 is 31.8 Å². The van der Waals surface area contributed by atoms with Crippen LogP contribution in [0.15, 0.2) is 42.6 Å². The molecule has 1 heterocycles. The summed E-state index contributed by atoms with van der Waals surface area (Å²) in [4.78, 5) is 17.0. The third-order valence-corrected chi connectivity index (χ3v) is 5.60. The molecule has 3 rings (SSSR count). The SMILES string of the molecule is COc1c(C(=O)N[C@H](C)c2ccc(NS(C)(O)O)c(C)c2)cnc2cc(C(F)(F)F)ccc12. The van der Waals surface area contributed by atoms with Crippen LogP contribution < -0.4 is 14.8 Å². The standard InChI is InChI=1S/C22H24F3N3O4S/c1-12-9-14(5-8-18(12)28-33(4,30)31)13(2)27-21(29)17-11-26-19-10-15(22(23,24)25)6-7-16(19)20(17)32-3/h5-11,13,28,30-31H,1-4H3,(H,27,29)/t13-/m1/s1. The minimum atomic E-state index is -4.51. The van der Waals surface area contributed by atoms with E-state index in [1.165, 1.54) is 25.6 Å². The number of rotatable bonds is 6. The molecule has 3 aromatic rings. The first-order chi connectivity index (χ1) is 15.3. The lowest BCUT2D eigenvalue weighted by Crippen LogP contribution is -2.27. The highest BCUT2D eigenvalue weighted by molar-refractivity contribution is 8.24. The van der Waals surface area contributed by atoms with Crippen molar-refractivity contribution in [2.75, 3.05) is 18.1 Å². The lowest BCUT2D eigenvalue weighted by atomic mass is 10.0. The number of fused-ring (bicyclic) bond motifs is 1. The number of alkyl halides is 3. The van der Waals surface area contributed by atoms with Crippen LogP contribution in [-0.4, -0.2) is 33.4 Å². The molecule has 0 unspecified atom stereocenters. The molecule has 178 valence electrons. The first-order valence-corrected chi connectivity index (χ1v) is 11.7. The van der Waals surface area contributed by atoms with Gasteiger partial charge in [-0.05, 0) is 49.2 Å². The van der Waals surface area contributed by atoms with E-state index >= 15 is 0 Å². The normalized spacial score (nSPS) is 13.5. The average Bonchev–Trinajstić information content (AvgIpc) is 2.72. The molecule has 0 bridgehead atoms. The number of carbonyl (C=O) groups excluding carboxylic acids is 1. The Bertz CT molecular complexity index is 1200. The zero-order valence-electron chi connectivity index (χ0n) is 18.3. The van der Waals surface area contributed by atoms with E-state index in [-0.39, 0.29) is 22.2 Å². The van der Waals surface area contributed by atoms with Gasteiger partial charge in [-0.25, -0.2) is 0 Å². The van der Waals surface area contributed by atoms with Gasteiger partial charge in [0.25, 0.3) is 5.91 Å². The molecule has 0 spiro atoms. The largest absolute Gasteiger partial charge is 0.495 e. The summed E-state index contributed by atoms with van der Waals surface area (Å²) >= 11 is 0. The van der Waals surface area contributed by atoms with Gasteiger partial charge in [0.2, 0.25) is 0 Å². The van der Waals surface area contributed by atoms with E-state index in [0.717, 1.165) is 23.3 Å². The van der Waals surface area contributed by atoms with Gasteiger partial charge >= 0.3 is 6.18 Å². The number of methoxy groups -OCH3 is 1. The number of halogens is 3. The smallest absolute Gasteiger partial charge is 0.416 e. The number of amides is 1. The minimum absolute atomic E-state index is 0.0619. The number of hydrogen-bond acceptors (Lipinski definition) is 6. The zero-order chi connectivity index (χ0) is 24.6. The Kier molecular flexibility index (Phi) is 6.78. The van der Waals surface area contributed by atoms with Gasteiger partial charge in [0.15, 0.2) is 0 Å². The third-order valence-electron chi connectivity index (χ3n) is 5.00. The Balaban J connectivity index is 1.86. The van der Waals surface area contributed by atoms with Gasteiger partial charge < -0.3 is 10.1 Å². The van der Waals surface area contributed by atoms with E-state index in [2.05, 4.69) is 15.0 Å². The van der Waals surface area contributed by atoms with Crippen LogP contribution in [0.2, 0.25) is 0 Å². The van der Waals surface area contributed by atoms with Gasteiger partial charge in [0.05, 0.1) is 29.9 Å². The van der Waals surface area contributed by atoms with Gasteiger partial charge in [-0.3, -0.25) is 23.6 Å². The number of anilines is 1. The van der Waals surface area contributed by atoms with Crippen LogP contribution in [0.3, 0.4) is 0 Å². The molecule has 0 aliphatic carbocycles. The van der Waals surface area contributed by atoms with Gasteiger partial charge in [-0.2, -0.15) is 13.2 Å². The monoisotopic (exact) mass is 483 g/mol. The quantitative estimate of drug-likeness (QED) is 0.355. The van der Waals surface area contributed by atoms with Crippen molar-refractivity contribution >= 4 is 33.3 Å². The number of aryl methyl sites for hydroxylation is 1. The predicted molar refractivity (Wildman–Crippen MR) is 123 cm³/mol. The summed E-state index contributed by atoms with van der Waals surface area (Å²) in [6.45, 7) is 3.56. The molecule has 11 heteroatoms. The second-order valence-corrected chi connectivity index (χ2v) is 9.51. The van der Waals surface area contributed by atoms with Crippen LogP contribution in [-0.2, 0) is 6.18 Å². The van der Waals surface area contributed by atoms with Crippen LogP contribution in [0.5, 0.6) is 5.75 Å². The Morgan fingerprint density at radius 2 is 1.88 bits per heavy atom. The number of hydrogen-bond donors (Lipinski definition) is 4. The molecule has 0 aliphatic heterocycles. The number of aromatic nitrogens is 1. The van der Waals surface area contributed by atoms with Gasteiger partial charge in [0, 0.05) is 17.8 Å². The van der Waals surface area contributed by atoms with Crippen molar-refractivity contribution in [3.8, 4) is 5.75 Å². The Hall–Kier alpha value is -3.02. The number of nitrogens with one attached hydrogen (secondary N) is 2. The number of benzene rings is 2. The van der Waals surface area contributed by atoms with Crippen molar-refractivity contribution in [3.63, 3.8) is 0 Å². The van der Waals surface area contributed by atoms with Crippen molar-refractivity contribution in [1.82, 2.24) is 10.3 Å². The Morgan fingerprint density at radius 1 is 1.18 bits per heavy atom. The van der Waals surface area contributed by atoms with E-state index in [0.29, 0.717) is 5.69 Å². The summed E-state index contributed by atoms with van der Waals surface area (Å²) in [5.41, 5.74) is 1.38. The molecule has 1 amide bonds. The number of carbonyl (C=O) groups is 1. The van der Waals surface area contributed by atoms with Crippen molar-refractivity contribution in [3.05, 3.63) is 64.8 Å². The third kappa shape index (κ3) is 5.67. The molecule has 7 nitrogen and oxygen atoms in total. The Labute approximate surface area is 190 Å². The fourth-order valence-corrected chi connectivity index (χ4v) is 4.01. The first kappa shape index (κ1) is 24.6. The van der Waals surface area contributed by atoms with Crippen LogP contribution in [0.1, 0.15) is 40.0 Å². The molecule has 33 heavy (non-hydrogen) atoms. The first-order valence-electron chi connectivity index (χ1n) is 9.76. The molecule has 1 aromatic heterocycles. The zero-order valence-corrected chi connectivity index (χ0v) is 19.1. The average molecular weight is 484 g/mol. The lowest BCUT2D eigenvalue weighted by molar-refractivity contribution is -0.137. The topological polar surface area (TPSA) is 104 Å². The van der Waals surface area contributed by atoms with E-state index in [4.69, 9.17) is 4.74 Å². The van der Waals surface area contributed by atoms with E-state index in [1.807, 2.05) is 0 Å². The molecule has 0 radical (unpaired) electrons. The van der Waals surface area contributed by atoms with Crippen LogP contribution in [0, 0.1) is 6.92 Å². The van der Waals surface area contributed by atoms with E-state index < -0.39 is 34.5 Å². The second-order valence-electron chi connectivity index (χ2n) is 7.64. The number of nitrogens with zero attached hydrogens (tertiary/aromatic N) is 1. The molecule has 1 atom stereocenters. The van der Waals surface area contributed by atoms with Crippen LogP contribution in [0.4, 0.5) is 18.9 Å². The maximum absolute atomic E-state index is 13.0. The minimum Gasteiger partial charge on any atom is -0.495 e. The van der Waals surface area contributed by atoms with Gasteiger partial charge in [-0.1, -0.05) is 12.1 Å². The molecule has 0 fully saturated rings. The van der Waals surface area contributed by atoms with Gasteiger partial charge in [-0.15, -0.1) is 10.8 Å². The second kappa shape index (κ2) is 9.08. The number of pyridine rings is 1.